The minimum absolute atomic E-state index is 0.0269. The molecule has 0 radical (unpaired) electrons. The van der Waals surface area contributed by atoms with Gasteiger partial charge in [-0.05, 0) is 24.2 Å². The van der Waals surface area contributed by atoms with Gasteiger partial charge in [0, 0.05) is 11.9 Å². The summed E-state index contributed by atoms with van der Waals surface area (Å²) in [4.78, 5) is 3.98. The number of rotatable bonds is 6. The summed E-state index contributed by atoms with van der Waals surface area (Å²) in [6.45, 7) is 3.02. The van der Waals surface area contributed by atoms with Crippen LogP contribution in [0.15, 0.2) is 29.1 Å². The number of alkyl halides is 3. The van der Waals surface area contributed by atoms with E-state index in [1.165, 1.54) is 17.4 Å². The van der Waals surface area contributed by atoms with Gasteiger partial charge in [0.15, 0.2) is 0 Å². The van der Waals surface area contributed by atoms with Gasteiger partial charge in [-0.1, -0.05) is 13.0 Å². The number of nitrogens with one attached hydrogen (secondary N) is 1. The Labute approximate surface area is 124 Å². The Morgan fingerprint density at radius 1 is 1.33 bits per heavy atom. The summed E-state index contributed by atoms with van der Waals surface area (Å²) < 4.78 is 44.6. The third-order valence-electron chi connectivity index (χ3n) is 2.79. The Balaban J connectivity index is 2.18. The predicted octanol–water partition coefficient (Wildman–Crippen LogP) is 3.85. The molecule has 0 saturated heterocycles. The van der Waals surface area contributed by atoms with Gasteiger partial charge in [-0.2, -0.15) is 13.2 Å². The zero-order chi connectivity index (χ0) is 15.3. The maximum atomic E-state index is 13.1. The van der Waals surface area contributed by atoms with Crippen LogP contribution < -0.4 is 10.1 Å². The summed E-state index contributed by atoms with van der Waals surface area (Å²) in [6.07, 6.45) is -4.44. The summed E-state index contributed by atoms with van der Waals surface area (Å²) >= 11 is 1.37. The topological polar surface area (TPSA) is 34.1 Å². The fraction of sp³-hybridized carbons (Fsp3) is 0.357. The first-order valence-corrected chi connectivity index (χ1v) is 7.35. The molecular weight excluding hydrogens is 301 g/mol. The SMILES string of the molecule is CCNCc1ccc(OCc2cscn2)c(C(F)(F)F)c1. The lowest BCUT2D eigenvalue weighted by Gasteiger charge is -2.15. The van der Waals surface area contributed by atoms with Crippen LogP contribution in [0.2, 0.25) is 0 Å². The molecule has 1 N–H and O–H groups in total. The molecule has 2 rings (SSSR count). The minimum Gasteiger partial charge on any atom is -0.487 e. The molecule has 0 fully saturated rings. The monoisotopic (exact) mass is 316 g/mol. The van der Waals surface area contributed by atoms with Crippen molar-refractivity contribution in [3.8, 4) is 5.75 Å². The van der Waals surface area contributed by atoms with Crippen LogP contribution in [0.4, 0.5) is 13.2 Å². The Hall–Kier alpha value is -1.60. The van der Waals surface area contributed by atoms with Crippen molar-refractivity contribution in [2.45, 2.75) is 26.3 Å². The van der Waals surface area contributed by atoms with Crippen molar-refractivity contribution in [2.24, 2.45) is 0 Å². The molecule has 0 amide bonds. The molecule has 0 aliphatic carbocycles. The summed E-state index contributed by atoms with van der Waals surface area (Å²) in [5.74, 6) is -0.171. The van der Waals surface area contributed by atoms with E-state index in [2.05, 4.69) is 10.3 Å². The first-order valence-electron chi connectivity index (χ1n) is 6.41. The summed E-state index contributed by atoms with van der Waals surface area (Å²) in [7, 11) is 0. The van der Waals surface area contributed by atoms with Gasteiger partial charge in [0.05, 0.1) is 16.8 Å². The van der Waals surface area contributed by atoms with Crippen LogP contribution in [0, 0.1) is 0 Å². The van der Waals surface area contributed by atoms with Gasteiger partial charge in [-0.25, -0.2) is 4.98 Å². The number of thiazole rings is 1. The van der Waals surface area contributed by atoms with E-state index in [1.54, 1.807) is 17.0 Å². The highest BCUT2D eigenvalue weighted by atomic mass is 32.1. The summed E-state index contributed by atoms with van der Waals surface area (Å²) in [6, 6.07) is 4.12. The number of nitrogens with zero attached hydrogens (tertiary/aromatic N) is 1. The highest BCUT2D eigenvalue weighted by molar-refractivity contribution is 7.07. The van der Waals surface area contributed by atoms with Crippen molar-refractivity contribution in [2.75, 3.05) is 6.54 Å². The van der Waals surface area contributed by atoms with Crippen LogP contribution in [0.5, 0.6) is 5.75 Å². The third kappa shape index (κ3) is 4.44. The second-order valence-electron chi connectivity index (χ2n) is 4.38. The molecule has 21 heavy (non-hydrogen) atoms. The highest BCUT2D eigenvalue weighted by Crippen LogP contribution is 2.37. The number of aromatic nitrogens is 1. The maximum absolute atomic E-state index is 13.1. The van der Waals surface area contributed by atoms with Gasteiger partial charge in [0.25, 0.3) is 0 Å². The van der Waals surface area contributed by atoms with Crippen LogP contribution in [0.3, 0.4) is 0 Å². The van der Waals surface area contributed by atoms with Crippen molar-refractivity contribution >= 4 is 11.3 Å². The van der Waals surface area contributed by atoms with E-state index in [-0.39, 0.29) is 12.4 Å². The zero-order valence-corrected chi connectivity index (χ0v) is 12.2. The lowest BCUT2D eigenvalue weighted by molar-refractivity contribution is -0.139. The van der Waals surface area contributed by atoms with E-state index in [4.69, 9.17) is 4.74 Å². The van der Waals surface area contributed by atoms with Crippen molar-refractivity contribution in [1.29, 1.82) is 0 Å². The predicted molar refractivity (Wildman–Crippen MR) is 75.3 cm³/mol. The molecule has 0 aliphatic heterocycles. The molecule has 1 aromatic carbocycles. The summed E-state index contributed by atoms with van der Waals surface area (Å²) in [5, 5.41) is 4.74. The fourth-order valence-corrected chi connectivity index (χ4v) is 2.31. The Bertz CT molecular complexity index is 570. The van der Waals surface area contributed by atoms with Gasteiger partial charge < -0.3 is 10.1 Å². The van der Waals surface area contributed by atoms with Crippen LogP contribution in [-0.2, 0) is 19.3 Å². The van der Waals surface area contributed by atoms with Crippen LogP contribution in [0.25, 0.3) is 0 Å². The lowest BCUT2D eigenvalue weighted by Crippen LogP contribution is -2.14. The highest BCUT2D eigenvalue weighted by Gasteiger charge is 2.34. The summed E-state index contributed by atoms with van der Waals surface area (Å²) in [5.41, 5.74) is 2.05. The van der Waals surface area contributed by atoms with Crippen molar-refractivity contribution in [1.82, 2.24) is 10.3 Å². The number of hydrogen-bond acceptors (Lipinski definition) is 4. The van der Waals surface area contributed by atoms with Crippen LogP contribution in [-0.4, -0.2) is 11.5 Å². The van der Waals surface area contributed by atoms with Crippen LogP contribution in [0.1, 0.15) is 23.7 Å². The number of hydrogen-bond donors (Lipinski definition) is 1. The molecule has 0 bridgehead atoms. The van der Waals surface area contributed by atoms with Crippen LogP contribution >= 0.6 is 11.3 Å². The largest absolute Gasteiger partial charge is 0.487 e. The quantitative estimate of drug-likeness (QED) is 0.879. The maximum Gasteiger partial charge on any atom is 0.419 e. The average molecular weight is 316 g/mol. The average Bonchev–Trinajstić information content (AvgIpc) is 2.95. The Morgan fingerprint density at radius 2 is 2.14 bits per heavy atom. The second-order valence-corrected chi connectivity index (χ2v) is 5.10. The molecule has 2 aromatic rings. The lowest BCUT2D eigenvalue weighted by atomic mass is 10.1. The van der Waals surface area contributed by atoms with Crippen molar-refractivity contribution in [3.63, 3.8) is 0 Å². The van der Waals surface area contributed by atoms with Crippen molar-refractivity contribution in [3.05, 3.63) is 45.9 Å². The molecule has 0 aliphatic rings. The number of benzene rings is 1. The molecule has 0 saturated carbocycles. The Morgan fingerprint density at radius 3 is 2.76 bits per heavy atom. The fourth-order valence-electron chi connectivity index (χ4n) is 1.76. The molecular formula is C14H15F3N2OS. The molecule has 0 atom stereocenters. The molecule has 114 valence electrons. The van der Waals surface area contributed by atoms with Crippen molar-refractivity contribution < 1.29 is 17.9 Å². The van der Waals surface area contributed by atoms with Gasteiger partial charge in [0.1, 0.15) is 12.4 Å². The number of ether oxygens (including phenoxy) is 1. The molecule has 3 nitrogen and oxygen atoms in total. The van der Waals surface area contributed by atoms with E-state index in [0.29, 0.717) is 24.3 Å². The Kier molecular flexibility index (Phi) is 5.19. The second kappa shape index (κ2) is 6.91. The van der Waals surface area contributed by atoms with E-state index in [0.717, 1.165) is 6.07 Å². The van der Waals surface area contributed by atoms with E-state index in [1.807, 2.05) is 6.92 Å². The molecule has 7 heteroatoms. The number of halogens is 3. The minimum atomic E-state index is -4.44. The first-order chi connectivity index (χ1) is 10.0. The third-order valence-corrected chi connectivity index (χ3v) is 3.42. The molecule has 0 unspecified atom stereocenters. The van der Waals surface area contributed by atoms with E-state index < -0.39 is 11.7 Å². The smallest absolute Gasteiger partial charge is 0.419 e. The molecule has 1 aromatic heterocycles. The van der Waals surface area contributed by atoms with Gasteiger partial charge in [-0.15, -0.1) is 11.3 Å². The molecule has 1 heterocycles. The van der Waals surface area contributed by atoms with Gasteiger partial charge in [0.2, 0.25) is 0 Å². The zero-order valence-electron chi connectivity index (χ0n) is 11.4. The van der Waals surface area contributed by atoms with Gasteiger partial charge in [-0.3, -0.25) is 0 Å². The normalized spacial score (nSPS) is 11.6. The first kappa shape index (κ1) is 15.8. The van der Waals surface area contributed by atoms with Gasteiger partial charge >= 0.3 is 6.18 Å². The van der Waals surface area contributed by atoms with E-state index >= 15 is 0 Å². The van der Waals surface area contributed by atoms with E-state index in [9.17, 15) is 13.2 Å². The molecule has 0 spiro atoms. The standard InChI is InChI=1S/C14H15F3N2OS/c1-2-18-6-10-3-4-13(12(5-10)14(15,16)17)20-7-11-8-21-9-19-11/h3-5,8-9,18H,2,6-7H2,1H3.